The molecule has 0 radical (unpaired) electrons. The van der Waals surface area contributed by atoms with Gasteiger partial charge in [0.25, 0.3) is 0 Å². The zero-order valence-electron chi connectivity index (χ0n) is 19.1. The summed E-state index contributed by atoms with van der Waals surface area (Å²) >= 11 is 0. The summed E-state index contributed by atoms with van der Waals surface area (Å²) in [6, 6.07) is 14.1. The van der Waals surface area contributed by atoms with Crippen molar-refractivity contribution < 1.29 is 28.9 Å². The van der Waals surface area contributed by atoms with Crippen LogP contribution in [0.15, 0.2) is 54.6 Å². The highest BCUT2D eigenvalue weighted by molar-refractivity contribution is 5.99. The molecular formula is C27H27FO5. The molecular weight excluding hydrogens is 423 g/mol. The Morgan fingerprint density at radius 3 is 2.39 bits per heavy atom. The van der Waals surface area contributed by atoms with Crippen molar-refractivity contribution >= 4 is 11.8 Å². The van der Waals surface area contributed by atoms with Crippen molar-refractivity contribution in [3.8, 4) is 22.6 Å². The number of aromatic carboxylic acids is 1. The minimum absolute atomic E-state index is 0.0866. The molecule has 0 aliphatic heterocycles. The predicted molar refractivity (Wildman–Crippen MR) is 124 cm³/mol. The lowest BCUT2D eigenvalue weighted by molar-refractivity contribution is 0.0696. The van der Waals surface area contributed by atoms with Crippen LogP contribution >= 0.6 is 0 Å². The van der Waals surface area contributed by atoms with Gasteiger partial charge in [0.1, 0.15) is 23.9 Å². The van der Waals surface area contributed by atoms with Crippen LogP contribution in [0.2, 0.25) is 0 Å². The second kappa shape index (κ2) is 9.45. The molecule has 3 aromatic rings. The molecule has 0 atom stereocenters. The van der Waals surface area contributed by atoms with Gasteiger partial charge in [-0.05, 0) is 65.4 Å². The summed E-state index contributed by atoms with van der Waals surface area (Å²) in [6.07, 6.45) is 0.316. The first-order chi connectivity index (χ1) is 15.4. The van der Waals surface area contributed by atoms with E-state index < -0.39 is 11.8 Å². The summed E-state index contributed by atoms with van der Waals surface area (Å²) in [5.74, 6) is -1.59. The summed E-state index contributed by atoms with van der Waals surface area (Å²) in [7, 11) is 0. The average Bonchev–Trinajstić information content (AvgIpc) is 2.73. The quantitative estimate of drug-likeness (QED) is 0.407. The number of halogens is 1. The first-order valence-corrected chi connectivity index (χ1v) is 10.6. The summed E-state index contributed by atoms with van der Waals surface area (Å²) in [5, 5.41) is 19.7. The minimum Gasteiger partial charge on any atom is -0.507 e. The summed E-state index contributed by atoms with van der Waals surface area (Å²) in [6.45, 7) is 7.76. The van der Waals surface area contributed by atoms with Gasteiger partial charge in [-0.15, -0.1) is 0 Å². The molecule has 0 saturated carbocycles. The first-order valence-electron chi connectivity index (χ1n) is 10.6. The highest BCUT2D eigenvalue weighted by atomic mass is 19.1. The summed E-state index contributed by atoms with van der Waals surface area (Å²) < 4.78 is 19.7. The molecule has 0 unspecified atom stereocenters. The Morgan fingerprint density at radius 2 is 1.73 bits per heavy atom. The third-order valence-electron chi connectivity index (χ3n) is 5.17. The van der Waals surface area contributed by atoms with Crippen LogP contribution in [-0.2, 0) is 6.61 Å². The van der Waals surface area contributed by atoms with Crippen LogP contribution in [0.5, 0.6) is 11.5 Å². The maximum atomic E-state index is 13.9. The zero-order chi connectivity index (χ0) is 24.3. The summed E-state index contributed by atoms with van der Waals surface area (Å²) in [4.78, 5) is 23.8. The molecule has 0 spiro atoms. The van der Waals surface area contributed by atoms with Crippen molar-refractivity contribution in [1.82, 2.24) is 0 Å². The Hall–Kier alpha value is -3.67. The van der Waals surface area contributed by atoms with Crippen molar-refractivity contribution in [2.75, 3.05) is 0 Å². The van der Waals surface area contributed by atoms with E-state index in [-0.39, 0.29) is 34.7 Å². The fraction of sp³-hybridized carbons (Fsp3) is 0.259. The monoisotopic (exact) mass is 450 g/mol. The number of hydrogen-bond donors (Lipinski definition) is 2. The topological polar surface area (TPSA) is 83.8 Å². The number of phenolic OH excluding ortho intramolecular Hbond substituents is 1. The number of carbonyl (C=O) groups excluding carboxylic acids is 1. The number of carboxylic acid groups (broad SMARTS) is 1. The largest absolute Gasteiger partial charge is 0.507 e. The van der Waals surface area contributed by atoms with Crippen molar-refractivity contribution in [3.05, 3.63) is 82.7 Å². The molecule has 0 aromatic heterocycles. The number of carboxylic acids is 1. The molecule has 2 N–H and O–H groups in total. The number of ketones is 1. The van der Waals surface area contributed by atoms with Gasteiger partial charge in [0.2, 0.25) is 0 Å². The van der Waals surface area contributed by atoms with Gasteiger partial charge in [0.15, 0.2) is 5.78 Å². The third-order valence-corrected chi connectivity index (χ3v) is 5.17. The molecule has 0 heterocycles. The summed E-state index contributed by atoms with van der Waals surface area (Å²) in [5.41, 5.74) is 2.31. The van der Waals surface area contributed by atoms with E-state index >= 15 is 0 Å². The fourth-order valence-corrected chi connectivity index (χ4v) is 3.52. The molecule has 0 aliphatic carbocycles. The molecule has 5 nitrogen and oxygen atoms in total. The second-order valence-electron chi connectivity index (χ2n) is 9.27. The zero-order valence-corrected chi connectivity index (χ0v) is 19.1. The van der Waals surface area contributed by atoms with Gasteiger partial charge in [-0.2, -0.15) is 0 Å². The Balaban J connectivity index is 1.79. The molecule has 6 heteroatoms. The number of ether oxygens (including phenoxy) is 1. The Kier molecular flexibility index (Phi) is 6.86. The van der Waals surface area contributed by atoms with E-state index in [2.05, 4.69) is 0 Å². The number of phenols is 1. The van der Waals surface area contributed by atoms with E-state index in [1.165, 1.54) is 12.1 Å². The van der Waals surface area contributed by atoms with Crippen LogP contribution in [-0.4, -0.2) is 22.0 Å². The Morgan fingerprint density at radius 1 is 1.00 bits per heavy atom. The highest BCUT2D eigenvalue weighted by Gasteiger charge is 2.21. The molecule has 172 valence electrons. The number of Topliss-reactive ketones (excluding diaryl/α,β-unsaturated/α-hetero) is 1. The molecule has 0 bridgehead atoms. The van der Waals surface area contributed by atoms with E-state index in [1.54, 1.807) is 37.3 Å². The van der Waals surface area contributed by atoms with E-state index in [0.717, 1.165) is 11.6 Å². The predicted octanol–water partition coefficient (Wildman–Crippen LogP) is 6.40. The lowest BCUT2D eigenvalue weighted by atomic mass is 9.87. The van der Waals surface area contributed by atoms with Gasteiger partial charge >= 0.3 is 5.97 Å². The highest BCUT2D eigenvalue weighted by Crippen LogP contribution is 2.34. The maximum absolute atomic E-state index is 13.9. The van der Waals surface area contributed by atoms with E-state index in [4.69, 9.17) is 4.74 Å². The van der Waals surface area contributed by atoms with Gasteiger partial charge in [-0.25, -0.2) is 9.18 Å². The van der Waals surface area contributed by atoms with E-state index in [0.29, 0.717) is 28.9 Å². The van der Waals surface area contributed by atoms with Gasteiger partial charge in [0.05, 0.1) is 11.1 Å². The lowest BCUT2D eigenvalue weighted by Crippen LogP contribution is -2.13. The Bertz CT molecular complexity index is 1210. The SMILES string of the molecule is Cc1c(OCc2cccc(-c3cc(F)cc(C(=O)O)c3)c2)ccc(C(=O)CC(C)(C)C)c1O. The van der Waals surface area contributed by atoms with Crippen LogP contribution in [0.3, 0.4) is 0 Å². The molecule has 33 heavy (non-hydrogen) atoms. The smallest absolute Gasteiger partial charge is 0.335 e. The number of hydrogen-bond acceptors (Lipinski definition) is 4. The maximum Gasteiger partial charge on any atom is 0.335 e. The second-order valence-corrected chi connectivity index (χ2v) is 9.27. The number of aromatic hydroxyl groups is 1. The molecule has 0 amide bonds. The molecule has 0 fully saturated rings. The van der Waals surface area contributed by atoms with Crippen molar-refractivity contribution in [2.24, 2.45) is 5.41 Å². The Labute approximate surface area is 192 Å². The van der Waals surface area contributed by atoms with Crippen LogP contribution in [0.4, 0.5) is 4.39 Å². The standard InChI is InChI=1S/C27H27FO5/c1-16-24(9-8-22(25(16)30)23(29)14-27(2,3)4)33-15-17-6-5-7-18(10-17)19-11-20(26(31)32)13-21(28)12-19/h5-13,30H,14-15H2,1-4H3,(H,31,32). The van der Waals surface area contributed by atoms with E-state index in [1.807, 2.05) is 26.8 Å². The fourth-order valence-electron chi connectivity index (χ4n) is 3.52. The van der Waals surface area contributed by atoms with Crippen molar-refractivity contribution in [1.29, 1.82) is 0 Å². The number of benzene rings is 3. The normalized spacial score (nSPS) is 11.3. The van der Waals surface area contributed by atoms with Crippen molar-refractivity contribution in [2.45, 2.75) is 40.7 Å². The average molecular weight is 451 g/mol. The van der Waals surface area contributed by atoms with E-state index in [9.17, 15) is 24.2 Å². The minimum atomic E-state index is -1.20. The molecule has 0 saturated heterocycles. The van der Waals surface area contributed by atoms with Crippen LogP contribution in [0.25, 0.3) is 11.1 Å². The van der Waals surface area contributed by atoms with Crippen molar-refractivity contribution in [3.63, 3.8) is 0 Å². The lowest BCUT2D eigenvalue weighted by Gasteiger charge is -2.18. The third kappa shape index (κ3) is 5.98. The van der Waals surface area contributed by atoms with Crippen LogP contribution < -0.4 is 4.74 Å². The number of rotatable bonds is 7. The molecule has 0 aliphatic rings. The first kappa shape index (κ1) is 24.0. The van der Waals surface area contributed by atoms with Crippen LogP contribution in [0, 0.1) is 18.2 Å². The van der Waals surface area contributed by atoms with Gasteiger partial charge < -0.3 is 14.9 Å². The van der Waals surface area contributed by atoms with Gasteiger partial charge in [0, 0.05) is 12.0 Å². The molecule has 3 rings (SSSR count). The van der Waals surface area contributed by atoms with Crippen LogP contribution in [0.1, 0.15) is 59.0 Å². The van der Waals surface area contributed by atoms with Gasteiger partial charge in [-0.1, -0.05) is 39.0 Å². The number of carbonyl (C=O) groups is 2. The van der Waals surface area contributed by atoms with Gasteiger partial charge in [-0.3, -0.25) is 4.79 Å². The molecule has 3 aromatic carbocycles.